The fourth-order valence-corrected chi connectivity index (χ4v) is 2.93. The van der Waals surface area contributed by atoms with Crippen LogP contribution in [0.15, 0.2) is 36.4 Å². The number of halogens is 1. The Morgan fingerprint density at radius 2 is 2.14 bits per heavy atom. The van der Waals surface area contributed by atoms with Gasteiger partial charge in [-0.15, -0.1) is 0 Å². The predicted molar refractivity (Wildman–Crippen MR) is 82.3 cm³/mol. The molecule has 3 heteroatoms. The van der Waals surface area contributed by atoms with Crippen molar-refractivity contribution in [1.82, 2.24) is 5.32 Å². The number of rotatable bonds is 4. The average molecular weight is 285 g/mol. The molecule has 0 amide bonds. The van der Waals surface area contributed by atoms with E-state index < -0.39 is 0 Å². The van der Waals surface area contributed by atoms with Crippen LogP contribution in [0.5, 0.6) is 5.75 Å². The summed E-state index contributed by atoms with van der Waals surface area (Å²) < 4.78 is 19.3. The number of hydrogen-bond acceptors (Lipinski definition) is 2. The summed E-state index contributed by atoms with van der Waals surface area (Å²) >= 11 is 0. The Labute approximate surface area is 125 Å². The van der Waals surface area contributed by atoms with Gasteiger partial charge in [-0.2, -0.15) is 0 Å². The number of aryl methyl sites for hydroxylation is 1. The molecule has 0 spiro atoms. The van der Waals surface area contributed by atoms with Crippen LogP contribution in [0.3, 0.4) is 0 Å². The minimum absolute atomic E-state index is 0.0300. The fraction of sp³-hybridized carbons (Fsp3) is 0.333. The monoisotopic (exact) mass is 285 g/mol. The Kier molecular flexibility index (Phi) is 3.93. The minimum atomic E-state index is -0.163. The van der Waals surface area contributed by atoms with Crippen molar-refractivity contribution < 1.29 is 9.13 Å². The first-order chi connectivity index (χ1) is 10.2. The first-order valence-corrected chi connectivity index (χ1v) is 7.44. The molecular weight excluding hydrogens is 265 g/mol. The highest BCUT2D eigenvalue weighted by atomic mass is 19.1. The summed E-state index contributed by atoms with van der Waals surface area (Å²) in [5, 5.41) is 3.49. The van der Waals surface area contributed by atoms with E-state index in [1.54, 1.807) is 13.0 Å². The first kappa shape index (κ1) is 14.1. The van der Waals surface area contributed by atoms with Gasteiger partial charge in [-0.05, 0) is 36.2 Å². The summed E-state index contributed by atoms with van der Waals surface area (Å²) in [6.07, 6.45) is 0.963. The van der Waals surface area contributed by atoms with Gasteiger partial charge in [-0.3, -0.25) is 0 Å². The lowest BCUT2D eigenvalue weighted by atomic mass is 9.94. The second-order valence-corrected chi connectivity index (χ2v) is 5.43. The topological polar surface area (TPSA) is 21.3 Å². The van der Waals surface area contributed by atoms with Crippen molar-refractivity contribution in [3.63, 3.8) is 0 Å². The van der Waals surface area contributed by atoms with Gasteiger partial charge in [0.25, 0.3) is 0 Å². The third kappa shape index (κ3) is 2.66. The molecule has 1 heterocycles. The van der Waals surface area contributed by atoms with E-state index in [-0.39, 0.29) is 11.9 Å². The lowest BCUT2D eigenvalue weighted by Crippen LogP contribution is -2.22. The highest BCUT2D eigenvalue weighted by Crippen LogP contribution is 2.36. The lowest BCUT2D eigenvalue weighted by molar-refractivity contribution is 0.350. The quantitative estimate of drug-likeness (QED) is 0.923. The molecule has 1 aliphatic heterocycles. The maximum absolute atomic E-state index is 13.5. The molecule has 3 rings (SSSR count). The van der Waals surface area contributed by atoms with E-state index in [4.69, 9.17) is 4.74 Å². The zero-order valence-corrected chi connectivity index (χ0v) is 12.4. The Morgan fingerprint density at radius 3 is 2.90 bits per heavy atom. The maximum Gasteiger partial charge on any atom is 0.127 e. The number of hydrogen-bond donors (Lipinski definition) is 1. The van der Waals surface area contributed by atoms with E-state index >= 15 is 0 Å². The second-order valence-electron chi connectivity index (χ2n) is 5.43. The molecule has 2 nitrogen and oxygen atoms in total. The van der Waals surface area contributed by atoms with E-state index in [1.165, 1.54) is 5.56 Å². The average Bonchev–Trinajstić information content (AvgIpc) is 2.96. The molecule has 1 atom stereocenters. The molecule has 0 saturated heterocycles. The molecule has 0 radical (unpaired) electrons. The van der Waals surface area contributed by atoms with E-state index in [0.717, 1.165) is 36.4 Å². The molecule has 110 valence electrons. The molecule has 2 aromatic rings. The SMILES string of the molecule is CCNC(c1ccc(F)c(C)c1)c1cccc2c1OCC2. The van der Waals surface area contributed by atoms with Gasteiger partial charge in [-0.25, -0.2) is 4.39 Å². The highest BCUT2D eigenvalue weighted by molar-refractivity contribution is 5.49. The fourth-order valence-electron chi connectivity index (χ4n) is 2.93. The summed E-state index contributed by atoms with van der Waals surface area (Å²) in [7, 11) is 0. The van der Waals surface area contributed by atoms with Gasteiger partial charge in [0.15, 0.2) is 0 Å². The minimum Gasteiger partial charge on any atom is -0.493 e. The predicted octanol–water partition coefficient (Wildman–Crippen LogP) is 3.77. The zero-order valence-electron chi connectivity index (χ0n) is 12.4. The van der Waals surface area contributed by atoms with Crippen LogP contribution in [0.25, 0.3) is 0 Å². The highest BCUT2D eigenvalue weighted by Gasteiger charge is 2.23. The Balaban J connectivity index is 2.06. The first-order valence-electron chi connectivity index (χ1n) is 7.44. The van der Waals surface area contributed by atoms with Crippen LogP contribution in [0.2, 0.25) is 0 Å². The van der Waals surface area contributed by atoms with E-state index in [2.05, 4.69) is 30.4 Å². The maximum atomic E-state index is 13.5. The summed E-state index contributed by atoms with van der Waals surface area (Å²) in [6, 6.07) is 11.6. The van der Waals surface area contributed by atoms with Crippen molar-refractivity contribution in [2.24, 2.45) is 0 Å². The van der Waals surface area contributed by atoms with Gasteiger partial charge in [0, 0.05) is 12.0 Å². The van der Waals surface area contributed by atoms with Crippen molar-refractivity contribution in [2.75, 3.05) is 13.2 Å². The second kappa shape index (κ2) is 5.86. The Bertz CT molecular complexity index is 654. The van der Waals surface area contributed by atoms with E-state index in [1.807, 2.05) is 12.1 Å². The Hall–Kier alpha value is -1.87. The number of ether oxygens (including phenoxy) is 1. The molecule has 0 fully saturated rings. The molecule has 1 aliphatic rings. The molecular formula is C18H20FNO. The van der Waals surface area contributed by atoms with Crippen LogP contribution < -0.4 is 10.1 Å². The summed E-state index contributed by atoms with van der Waals surface area (Å²) in [5.41, 5.74) is 4.13. The molecule has 0 saturated carbocycles. The van der Waals surface area contributed by atoms with Crippen molar-refractivity contribution in [2.45, 2.75) is 26.3 Å². The van der Waals surface area contributed by atoms with Crippen molar-refractivity contribution in [3.05, 3.63) is 64.5 Å². The standard InChI is InChI=1S/C18H20FNO/c1-3-20-17(14-7-8-16(19)12(2)11-14)15-6-4-5-13-9-10-21-18(13)15/h4-8,11,17,20H,3,9-10H2,1-2H3. The third-order valence-corrected chi connectivity index (χ3v) is 3.98. The largest absolute Gasteiger partial charge is 0.493 e. The third-order valence-electron chi connectivity index (χ3n) is 3.98. The van der Waals surface area contributed by atoms with Crippen LogP contribution in [-0.2, 0) is 6.42 Å². The zero-order chi connectivity index (χ0) is 14.8. The van der Waals surface area contributed by atoms with Crippen LogP contribution >= 0.6 is 0 Å². The number of benzene rings is 2. The van der Waals surface area contributed by atoms with E-state index in [9.17, 15) is 4.39 Å². The molecule has 2 aromatic carbocycles. The van der Waals surface area contributed by atoms with Crippen LogP contribution in [-0.4, -0.2) is 13.2 Å². The van der Waals surface area contributed by atoms with Crippen LogP contribution in [0.4, 0.5) is 4.39 Å². The number of nitrogens with one attached hydrogen (secondary N) is 1. The van der Waals surface area contributed by atoms with Gasteiger partial charge >= 0.3 is 0 Å². The van der Waals surface area contributed by atoms with Crippen molar-refractivity contribution >= 4 is 0 Å². The Morgan fingerprint density at radius 1 is 1.29 bits per heavy atom. The van der Waals surface area contributed by atoms with Gasteiger partial charge in [0.1, 0.15) is 11.6 Å². The lowest BCUT2D eigenvalue weighted by Gasteiger charge is -2.21. The van der Waals surface area contributed by atoms with Gasteiger partial charge in [0.05, 0.1) is 12.6 Å². The van der Waals surface area contributed by atoms with Crippen LogP contribution in [0.1, 0.15) is 35.2 Å². The number of para-hydroxylation sites is 1. The molecule has 0 bridgehead atoms. The normalized spacial score (nSPS) is 14.6. The van der Waals surface area contributed by atoms with Crippen molar-refractivity contribution in [1.29, 1.82) is 0 Å². The molecule has 21 heavy (non-hydrogen) atoms. The summed E-state index contributed by atoms with van der Waals surface area (Å²) in [5.74, 6) is 0.828. The number of fused-ring (bicyclic) bond motifs is 1. The molecule has 1 N–H and O–H groups in total. The van der Waals surface area contributed by atoms with Crippen LogP contribution in [0, 0.1) is 12.7 Å². The molecule has 1 unspecified atom stereocenters. The molecule has 0 aliphatic carbocycles. The van der Waals surface area contributed by atoms with Crippen molar-refractivity contribution in [3.8, 4) is 5.75 Å². The smallest absolute Gasteiger partial charge is 0.127 e. The van der Waals surface area contributed by atoms with E-state index in [0.29, 0.717) is 5.56 Å². The molecule has 0 aromatic heterocycles. The summed E-state index contributed by atoms with van der Waals surface area (Å²) in [4.78, 5) is 0. The summed E-state index contributed by atoms with van der Waals surface area (Å²) in [6.45, 7) is 5.46. The van der Waals surface area contributed by atoms with Gasteiger partial charge < -0.3 is 10.1 Å². The van der Waals surface area contributed by atoms with Gasteiger partial charge in [0.2, 0.25) is 0 Å². The van der Waals surface area contributed by atoms with Gasteiger partial charge in [-0.1, -0.05) is 37.3 Å².